The van der Waals surface area contributed by atoms with E-state index in [9.17, 15) is 0 Å². The predicted octanol–water partition coefficient (Wildman–Crippen LogP) is 1.50. The minimum atomic E-state index is 0.195. The lowest BCUT2D eigenvalue weighted by molar-refractivity contribution is 0.254. The molecule has 70 valence electrons. The number of aromatic nitrogens is 1. The largest absolute Gasteiger partial charge is 0.268 e. The molecule has 0 aliphatic carbocycles. The maximum absolute atomic E-state index is 5.72. The molecule has 3 heteroatoms. The molecule has 2 N–H and O–H groups in total. The molecule has 0 saturated carbocycles. The average molecular weight is 177 g/mol. The van der Waals surface area contributed by atoms with Gasteiger partial charge < -0.3 is 0 Å². The molecular weight excluding hydrogens is 162 g/mol. The first-order valence-electron chi connectivity index (χ1n) is 4.24. The van der Waals surface area contributed by atoms with Gasteiger partial charge in [0.2, 0.25) is 0 Å². The molecule has 0 radical (unpaired) electrons. The summed E-state index contributed by atoms with van der Waals surface area (Å²) in [5, 5.41) is 1.69. The molecule has 3 nitrogen and oxygen atoms in total. The third kappa shape index (κ3) is 2.65. The summed E-state index contributed by atoms with van der Waals surface area (Å²) in [6, 6.07) is 4.13. The Kier molecular flexibility index (Phi) is 3.61. The summed E-state index contributed by atoms with van der Waals surface area (Å²) >= 11 is 0. The fourth-order valence-electron chi connectivity index (χ4n) is 1.28. The standard InChI is InChI=1S/C10H15N3/c1-3-4-10(13(2)11)9-5-7-12-8-6-9/h3,5-8,10H,1,4,11H2,2H3. The van der Waals surface area contributed by atoms with Crippen LogP contribution in [0.3, 0.4) is 0 Å². The number of nitrogens with two attached hydrogens (primary N) is 1. The van der Waals surface area contributed by atoms with Gasteiger partial charge in [0.25, 0.3) is 0 Å². The molecule has 13 heavy (non-hydrogen) atoms. The van der Waals surface area contributed by atoms with Crippen LogP contribution in [0.2, 0.25) is 0 Å². The maximum Gasteiger partial charge on any atom is 0.0522 e. The van der Waals surface area contributed by atoms with Crippen molar-refractivity contribution in [1.82, 2.24) is 9.99 Å². The number of pyridine rings is 1. The van der Waals surface area contributed by atoms with Gasteiger partial charge in [0.05, 0.1) is 6.04 Å². The molecule has 0 amide bonds. The zero-order chi connectivity index (χ0) is 9.68. The predicted molar refractivity (Wildman–Crippen MR) is 53.7 cm³/mol. The molecule has 1 heterocycles. The van der Waals surface area contributed by atoms with Crippen LogP contribution in [-0.4, -0.2) is 17.0 Å². The molecule has 0 aliphatic heterocycles. The molecule has 1 aromatic rings. The maximum atomic E-state index is 5.72. The SMILES string of the molecule is C=CCC(c1ccncc1)N(C)N. The quantitative estimate of drug-likeness (QED) is 0.430. The lowest BCUT2D eigenvalue weighted by atomic mass is 10.1. The summed E-state index contributed by atoms with van der Waals surface area (Å²) in [5.41, 5.74) is 1.17. The van der Waals surface area contributed by atoms with Gasteiger partial charge in [0.15, 0.2) is 0 Å². The van der Waals surface area contributed by atoms with Gasteiger partial charge >= 0.3 is 0 Å². The summed E-state index contributed by atoms with van der Waals surface area (Å²) in [6.07, 6.45) is 6.26. The molecule has 0 aliphatic rings. The Morgan fingerprint density at radius 2 is 2.23 bits per heavy atom. The number of hydrogen-bond donors (Lipinski definition) is 1. The van der Waals surface area contributed by atoms with Crippen LogP contribution in [0.5, 0.6) is 0 Å². The zero-order valence-electron chi connectivity index (χ0n) is 7.85. The number of nitrogens with zero attached hydrogens (tertiary/aromatic N) is 2. The Labute approximate surface area is 78.9 Å². The molecule has 1 atom stereocenters. The molecule has 0 fully saturated rings. The van der Waals surface area contributed by atoms with Crippen molar-refractivity contribution in [2.45, 2.75) is 12.5 Å². The first-order valence-corrected chi connectivity index (χ1v) is 4.24. The highest BCUT2D eigenvalue weighted by Gasteiger charge is 2.11. The van der Waals surface area contributed by atoms with Crippen molar-refractivity contribution in [3.05, 3.63) is 42.7 Å². The van der Waals surface area contributed by atoms with Gasteiger partial charge in [0, 0.05) is 19.4 Å². The van der Waals surface area contributed by atoms with Crippen LogP contribution in [0.4, 0.5) is 0 Å². The van der Waals surface area contributed by atoms with Gasteiger partial charge in [0.1, 0.15) is 0 Å². The van der Waals surface area contributed by atoms with Gasteiger partial charge in [-0.1, -0.05) is 6.08 Å². The van der Waals surface area contributed by atoms with Crippen molar-refractivity contribution >= 4 is 0 Å². The number of hydrogen-bond acceptors (Lipinski definition) is 3. The average Bonchev–Trinajstić information content (AvgIpc) is 2.15. The molecule has 0 bridgehead atoms. The van der Waals surface area contributed by atoms with Gasteiger partial charge in [-0.15, -0.1) is 6.58 Å². The van der Waals surface area contributed by atoms with Gasteiger partial charge in [-0.3, -0.25) is 10.8 Å². The van der Waals surface area contributed by atoms with Crippen LogP contribution in [0, 0.1) is 0 Å². The molecule has 1 unspecified atom stereocenters. The van der Waals surface area contributed by atoms with Gasteiger partial charge in [-0.25, -0.2) is 5.01 Å². The highest BCUT2D eigenvalue weighted by Crippen LogP contribution is 2.19. The highest BCUT2D eigenvalue weighted by molar-refractivity contribution is 5.15. The Bertz CT molecular complexity index is 256. The van der Waals surface area contributed by atoms with Gasteiger partial charge in [-0.2, -0.15) is 0 Å². The first-order chi connectivity index (χ1) is 6.25. The van der Waals surface area contributed by atoms with E-state index in [0.29, 0.717) is 0 Å². The fourth-order valence-corrected chi connectivity index (χ4v) is 1.28. The van der Waals surface area contributed by atoms with Crippen LogP contribution in [0.25, 0.3) is 0 Å². The lowest BCUT2D eigenvalue weighted by Crippen LogP contribution is -2.30. The van der Waals surface area contributed by atoms with Crippen molar-refractivity contribution < 1.29 is 0 Å². The Morgan fingerprint density at radius 1 is 1.62 bits per heavy atom. The van der Waals surface area contributed by atoms with E-state index in [1.54, 1.807) is 17.4 Å². The normalized spacial score (nSPS) is 12.8. The second kappa shape index (κ2) is 4.74. The van der Waals surface area contributed by atoms with E-state index < -0.39 is 0 Å². The summed E-state index contributed by atoms with van der Waals surface area (Å²) in [7, 11) is 1.86. The van der Waals surface area contributed by atoms with E-state index in [4.69, 9.17) is 5.84 Å². The Morgan fingerprint density at radius 3 is 2.69 bits per heavy atom. The summed E-state index contributed by atoms with van der Waals surface area (Å²) in [5.74, 6) is 5.72. The van der Waals surface area contributed by atoms with Crippen LogP contribution in [-0.2, 0) is 0 Å². The molecule has 0 aromatic carbocycles. The molecule has 0 saturated heterocycles. The Hall–Kier alpha value is -1.19. The smallest absolute Gasteiger partial charge is 0.0522 e. The molecule has 1 aromatic heterocycles. The number of rotatable bonds is 4. The molecule has 1 rings (SSSR count). The monoisotopic (exact) mass is 177 g/mol. The van der Waals surface area contributed by atoms with Crippen LogP contribution in [0.1, 0.15) is 18.0 Å². The topological polar surface area (TPSA) is 42.2 Å². The molecule has 0 spiro atoms. The summed E-state index contributed by atoms with van der Waals surface area (Å²) < 4.78 is 0. The van der Waals surface area contributed by atoms with E-state index >= 15 is 0 Å². The number of hydrazine groups is 1. The van der Waals surface area contributed by atoms with Crippen molar-refractivity contribution in [2.24, 2.45) is 5.84 Å². The summed E-state index contributed by atoms with van der Waals surface area (Å²) in [4.78, 5) is 3.96. The van der Waals surface area contributed by atoms with Crippen molar-refractivity contribution in [2.75, 3.05) is 7.05 Å². The molecular formula is C10H15N3. The van der Waals surface area contributed by atoms with E-state index in [2.05, 4.69) is 11.6 Å². The second-order valence-electron chi connectivity index (χ2n) is 2.99. The van der Waals surface area contributed by atoms with Gasteiger partial charge in [-0.05, 0) is 24.1 Å². The lowest BCUT2D eigenvalue weighted by Gasteiger charge is -2.22. The van der Waals surface area contributed by atoms with E-state index in [1.165, 1.54) is 5.56 Å². The zero-order valence-corrected chi connectivity index (χ0v) is 7.85. The fraction of sp³-hybridized carbons (Fsp3) is 0.300. The van der Waals surface area contributed by atoms with Crippen molar-refractivity contribution in [3.8, 4) is 0 Å². The first kappa shape index (κ1) is 9.89. The van der Waals surface area contributed by atoms with E-state index in [0.717, 1.165) is 6.42 Å². The third-order valence-electron chi connectivity index (χ3n) is 1.97. The van der Waals surface area contributed by atoms with Crippen LogP contribution < -0.4 is 5.84 Å². The van der Waals surface area contributed by atoms with Crippen LogP contribution in [0.15, 0.2) is 37.2 Å². The van der Waals surface area contributed by atoms with Crippen molar-refractivity contribution in [1.29, 1.82) is 0 Å². The Balaban J connectivity index is 2.82. The van der Waals surface area contributed by atoms with E-state index in [1.807, 2.05) is 25.3 Å². The minimum absolute atomic E-state index is 0.195. The third-order valence-corrected chi connectivity index (χ3v) is 1.97. The minimum Gasteiger partial charge on any atom is -0.268 e. The van der Waals surface area contributed by atoms with E-state index in [-0.39, 0.29) is 6.04 Å². The second-order valence-corrected chi connectivity index (χ2v) is 2.99. The summed E-state index contributed by atoms with van der Waals surface area (Å²) in [6.45, 7) is 3.71. The van der Waals surface area contributed by atoms with Crippen LogP contribution >= 0.6 is 0 Å². The highest BCUT2D eigenvalue weighted by atomic mass is 15.4. The van der Waals surface area contributed by atoms with Crippen molar-refractivity contribution in [3.63, 3.8) is 0 Å².